The molecule has 18 nitrogen and oxygen atoms in total. The zero-order chi connectivity index (χ0) is 48.8. The molecule has 0 saturated carbocycles. The lowest BCUT2D eigenvalue weighted by molar-refractivity contribution is -0.140. The van der Waals surface area contributed by atoms with E-state index in [9.17, 15) is 33.6 Å². The molecule has 3 saturated heterocycles. The number of carbonyl (C=O) groups is 7. The molecule has 2 unspecified atom stereocenters. The minimum absolute atomic E-state index is 0.140. The number of piperidine rings is 1. The minimum atomic E-state index is -0.955. The van der Waals surface area contributed by atoms with Gasteiger partial charge in [-0.05, 0) is 86.8 Å². The highest BCUT2D eigenvalue weighted by atomic mass is 16.6. The Balaban J connectivity index is 1.08. The van der Waals surface area contributed by atoms with Gasteiger partial charge in [-0.25, -0.2) is 19.4 Å². The van der Waals surface area contributed by atoms with E-state index in [4.69, 9.17) is 14.2 Å². The maximum Gasteiger partial charge on any atom is 0.410 e. The average molecular weight is 927 g/mol. The number of rotatable bonds is 13. The van der Waals surface area contributed by atoms with Gasteiger partial charge in [-0.2, -0.15) is 0 Å². The molecule has 6 rings (SSSR count). The van der Waals surface area contributed by atoms with Crippen molar-refractivity contribution in [2.24, 2.45) is 17.3 Å². The van der Waals surface area contributed by atoms with Crippen LogP contribution in [-0.4, -0.2) is 137 Å². The molecule has 0 aliphatic carbocycles. The Bertz CT molecular complexity index is 2280. The molecular formula is C49H66N8O10. The number of hydrogen-bond donors (Lipinski definition) is 4. The summed E-state index contributed by atoms with van der Waals surface area (Å²) in [6.07, 6.45) is 2.88. The lowest BCUT2D eigenvalue weighted by atomic mass is 9.76. The van der Waals surface area contributed by atoms with E-state index in [1.54, 1.807) is 42.0 Å². The zero-order valence-corrected chi connectivity index (χ0v) is 40.1. The fourth-order valence-electron chi connectivity index (χ4n) is 9.18. The number of alkyl carbamates (subject to hydrolysis) is 2. The van der Waals surface area contributed by atoms with Crippen molar-refractivity contribution in [3.05, 3.63) is 66.1 Å². The quantitative estimate of drug-likeness (QED) is 0.114. The number of imidazole rings is 1. The molecule has 2 aromatic carbocycles. The van der Waals surface area contributed by atoms with Gasteiger partial charge in [0, 0.05) is 31.7 Å². The predicted octanol–water partition coefficient (Wildman–Crippen LogP) is 6.09. The summed E-state index contributed by atoms with van der Waals surface area (Å²) in [6.45, 7) is 14.1. The van der Waals surface area contributed by atoms with Crippen molar-refractivity contribution in [1.82, 2.24) is 40.6 Å². The lowest BCUT2D eigenvalue weighted by Crippen LogP contribution is -2.55. The van der Waals surface area contributed by atoms with Crippen LogP contribution in [0.5, 0.6) is 0 Å². The SMILES string of the molecule is COC(=O)NC(C(=O)N1CC2(CCN(C(=O)OC(C)(C)C)CC2)CC1C(=O)NCC(=O)c1ccc(-c2ccc(-c3cnc([C@@H]4CCCN4C(=O)[C@@H](NC(=O)OC)C(C)C)[nH]3)cc2)cc1)C(C)C. The number of nitrogens with zero attached hydrogens (tertiary/aromatic N) is 4. The summed E-state index contributed by atoms with van der Waals surface area (Å²) in [6, 6.07) is 12.1. The van der Waals surface area contributed by atoms with Crippen molar-refractivity contribution in [3.63, 3.8) is 0 Å². The summed E-state index contributed by atoms with van der Waals surface area (Å²) in [5.74, 6) is -1.17. The monoisotopic (exact) mass is 926 g/mol. The number of aromatic nitrogens is 2. The predicted molar refractivity (Wildman–Crippen MR) is 248 cm³/mol. The third-order valence-corrected chi connectivity index (χ3v) is 13.0. The van der Waals surface area contributed by atoms with Gasteiger partial charge in [0.25, 0.3) is 0 Å². The number of ketones is 1. The first-order chi connectivity index (χ1) is 31.7. The Hall–Kier alpha value is -6.46. The Morgan fingerprint density at radius 2 is 1.31 bits per heavy atom. The highest BCUT2D eigenvalue weighted by Gasteiger charge is 2.51. The second-order valence-electron chi connectivity index (χ2n) is 19.5. The van der Waals surface area contributed by atoms with Gasteiger partial charge in [-0.1, -0.05) is 76.2 Å². The number of carbonyl (C=O) groups excluding carboxylic acids is 7. The van der Waals surface area contributed by atoms with E-state index in [1.165, 1.54) is 19.1 Å². The molecular weight excluding hydrogens is 861 g/mol. The number of nitrogens with one attached hydrogen (secondary N) is 4. The molecule has 1 spiro atoms. The number of likely N-dealkylation sites (tertiary alicyclic amines) is 3. The summed E-state index contributed by atoms with van der Waals surface area (Å²) in [4.78, 5) is 105. The molecule has 362 valence electrons. The molecule has 18 heteroatoms. The number of hydrogen-bond acceptors (Lipinski definition) is 11. The van der Waals surface area contributed by atoms with Crippen LogP contribution in [0.4, 0.5) is 14.4 Å². The second kappa shape index (κ2) is 21.0. The van der Waals surface area contributed by atoms with Gasteiger partial charge in [0.15, 0.2) is 5.78 Å². The highest BCUT2D eigenvalue weighted by Crippen LogP contribution is 2.44. The van der Waals surface area contributed by atoms with Crippen LogP contribution in [0.1, 0.15) is 103 Å². The molecule has 4 heterocycles. The van der Waals surface area contributed by atoms with Gasteiger partial charge in [-0.3, -0.25) is 19.2 Å². The first kappa shape index (κ1) is 50.0. The zero-order valence-electron chi connectivity index (χ0n) is 40.1. The van der Waals surface area contributed by atoms with Crippen LogP contribution in [0.2, 0.25) is 0 Å². The fraction of sp³-hybridized carbons (Fsp3) is 0.551. The summed E-state index contributed by atoms with van der Waals surface area (Å²) in [5.41, 5.74) is 2.76. The van der Waals surface area contributed by atoms with E-state index in [0.29, 0.717) is 50.3 Å². The number of methoxy groups -OCH3 is 2. The Morgan fingerprint density at radius 3 is 1.85 bits per heavy atom. The molecule has 6 amide bonds. The maximum absolute atomic E-state index is 14.2. The topological polar surface area (TPSA) is 222 Å². The number of ether oxygens (including phenoxy) is 3. The van der Waals surface area contributed by atoms with Crippen molar-refractivity contribution in [2.75, 3.05) is 46.9 Å². The molecule has 67 heavy (non-hydrogen) atoms. The van der Waals surface area contributed by atoms with Crippen LogP contribution >= 0.6 is 0 Å². The molecule has 1 aromatic heterocycles. The first-order valence-electron chi connectivity index (χ1n) is 23.1. The molecule has 0 bridgehead atoms. The summed E-state index contributed by atoms with van der Waals surface area (Å²) < 4.78 is 15.1. The average Bonchev–Trinajstić information content (AvgIpc) is 4.08. The lowest BCUT2D eigenvalue weighted by Gasteiger charge is -2.39. The van der Waals surface area contributed by atoms with E-state index >= 15 is 0 Å². The minimum Gasteiger partial charge on any atom is -0.453 e. The van der Waals surface area contributed by atoms with E-state index < -0.39 is 59.2 Å². The van der Waals surface area contributed by atoms with E-state index in [1.807, 2.05) is 71.0 Å². The van der Waals surface area contributed by atoms with Crippen molar-refractivity contribution in [3.8, 4) is 22.4 Å². The molecule has 0 radical (unpaired) electrons. The Morgan fingerprint density at radius 1 is 0.776 bits per heavy atom. The van der Waals surface area contributed by atoms with Crippen LogP contribution in [-0.2, 0) is 28.6 Å². The molecule has 4 N–H and O–H groups in total. The molecule has 3 fully saturated rings. The van der Waals surface area contributed by atoms with Crippen molar-refractivity contribution < 1.29 is 47.8 Å². The van der Waals surface area contributed by atoms with Crippen molar-refractivity contribution in [1.29, 1.82) is 0 Å². The molecule has 4 atom stereocenters. The van der Waals surface area contributed by atoms with E-state index in [-0.39, 0.29) is 42.7 Å². The standard InChI is InChI=1S/C49H66N8O10/c1-29(2)39(53-45(62)65-8)43(60)56-22-10-11-36(56)41-50-26-35(52-41)33-16-12-31(13-17-33)32-14-18-34(19-15-32)38(58)27-51-42(59)37-25-49(20-23-55(24-21-49)47(64)67-48(5,6)7)28-57(37)44(61)40(30(3)4)54-46(63)66-9/h12-19,26,29-30,36-37,39-40H,10-11,20-25,27-28H2,1-9H3,(H,50,52)(H,51,59)(H,53,62)(H,54,63)/t36-,37?,39-,40?/m0/s1. The van der Waals surface area contributed by atoms with Gasteiger partial charge in [0.1, 0.15) is 29.6 Å². The third kappa shape index (κ3) is 11.9. The summed E-state index contributed by atoms with van der Waals surface area (Å²) in [5, 5.41) is 8.09. The van der Waals surface area contributed by atoms with Gasteiger partial charge in [0.2, 0.25) is 17.7 Å². The second-order valence-corrected chi connectivity index (χ2v) is 19.5. The Kier molecular flexibility index (Phi) is 15.7. The van der Waals surface area contributed by atoms with E-state index in [2.05, 4.69) is 25.9 Å². The molecule has 3 aliphatic heterocycles. The van der Waals surface area contributed by atoms with Crippen molar-refractivity contribution >= 4 is 41.8 Å². The van der Waals surface area contributed by atoms with Crippen LogP contribution in [0.3, 0.4) is 0 Å². The van der Waals surface area contributed by atoms with Gasteiger partial charge >= 0.3 is 18.3 Å². The molecule has 3 aromatic rings. The van der Waals surface area contributed by atoms with Crippen LogP contribution in [0.15, 0.2) is 54.7 Å². The van der Waals surface area contributed by atoms with Crippen molar-refractivity contribution in [2.45, 2.75) is 110 Å². The largest absolute Gasteiger partial charge is 0.453 e. The maximum atomic E-state index is 14.2. The van der Waals surface area contributed by atoms with Gasteiger partial charge in [0.05, 0.1) is 38.7 Å². The summed E-state index contributed by atoms with van der Waals surface area (Å²) in [7, 11) is 2.49. The van der Waals surface area contributed by atoms with Crippen LogP contribution < -0.4 is 16.0 Å². The Labute approximate surface area is 392 Å². The van der Waals surface area contributed by atoms with Crippen LogP contribution in [0.25, 0.3) is 22.4 Å². The van der Waals surface area contributed by atoms with Gasteiger partial charge in [-0.15, -0.1) is 0 Å². The van der Waals surface area contributed by atoms with Gasteiger partial charge < -0.3 is 49.8 Å². The number of amides is 6. The normalized spacial score (nSPS) is 18.9. The summed E-state index contributed by atoms with van der Waals surface area (Å²) >= 11 is 0. The number of benzene rings is 2. The number of Topliss-reactive ketones (excluding diaryl/α,β-unsaturated/α-hetero) is 1. The van der Waals surface area contributed by atoms with Crippen LogP contribution in [0, 0.1) is 17.3 Å². The first-order valence-corrected chi connectivity index (χ1v) is 23.1. The van der Waals surface area contributed by atoms with E-state index in [0.717, 1.165) is 35.2 Å². The highest BCUT2D eigenvalue weighted by molar-refractivity contribution is 6.01. The number of aromatic amines is 1. The molecule has 3 aliphatic rings. The third-order valence-electron chi connectivity index (χ3n) is 13.0. The smallest absolute Gasteiger partial charge is 0.410 e. The fourth-order valence-corrected chi connectivity index (χ4v) is 9.18. The number of H-pyrrole nitrogens is 1.